The summed E-state index contributed by atoms with van der Waals surface area (Å²) in [5, 5.41) is 11.7. The maximum atomic E-state index is 13.0. The minimum absolute atomic E-state index is 0.149. The summed E-state index contributed by atoms with van der Waals surface area (Å²) in [5.41, 5.74) is 0.738. The fraction of sp³-hybridized carbons (Fsp3) is 0. The van der Waals surface area contributed by atoms with Crippen molar-refractivity contribution in [3.63, 3.8) is 0 Å². The highest BCUT2D eigenvalue weighted by atomic mass is 35.5. The van der Waals surface area contributed by atoms with E-state index in [1.807, 2.05) is 6.07 Å². The number of carbonyl (C=O) groups excluding carboxylic acids is 1. The summed E-state index contributed by atoms with van der Waals surface area (Å²) in [5.74, 6) is -1.12. The molecular formula is C14H7Cl2FN2O. The van der Waals surface area contributed by atoms with Crippen LogP contribution in [-0.2, 0) is 0 Å². The topological polar surface area (TPSA) is 52.9 Å². The maximum Gasteiger partial charge on any atom is 0.255 e. The van der Waals surface area contributed by atoms with Crippen molar-refractivity contribution >= 4 is 34.8 Å². The predicted molar refractivity (Wildman–Crippen MR) is 75.5 cm³/mol. The lowest BCUT2D eigenvalue weighted by Gasteiger charge is -2.08. The molecule has 0 aliphatic carbocycles. The van der Waals surface area contributed by atoms with Crippen molar-refractivity contribution in [2.45, 2.75) is 0 Å². The Balaban J connectivity index is 2.30. The first-order chi connectivity index (χ1) is 9.51. The van der Waals surface area contributed by atoms with Gasteiger partial charge in [0.15, 0.2) is 0 Å². The fourth-order valence-corrected chi connectivity index (χ4v) is 1.90. The Kier molecular flexibility index (Phi) is 4.23. The van der Waals surface area contributed by atoms with Crippen LogP contribution < -0.4 is 5.32 Å². The van der Waals surface area contributed by atoms with E-state index in [2.05, 4.69) is 5.32 Å². The zero-order valence-corrected chi connectivity index (χ0v) is 11.5. The molecule has 0 aromatic heterocycles. The average molecular weight is 309 g/mol. The van der Waals surface area contributed by atoms with Crippen LogP contribution in [0.5, 0.6) is 0 Å². The van der Waals surface area contributed by atoms with Crippen LogP contribution in [0.4, 0.5) is 10.1 Å². The molecular weight excluding hydrogens is 302 g/mol. The third-order valence-electron chi connectivity index (χ3n) is 2.53. The first-order valence-electron chi connectivity index (χ1n) is 5.47. The molecule has 0 saturated carbocycles. The van der Waals surface area contributed by atoms with Gasteiger partial charge in [-0.15, -0.1) is 0 Å². The summed E-state index contributed by atoms with van der Waals surface area (Å²) in [7, 11) is 0. The standard InChI is InChI=1S/C14H7Cl2FN2O/c15-10-3-1-9(7-18)13(6-10)19-14(20)8-2-4-12(17)11(16)5-8/h1-6H,(H,19,20). The Morgan fingerprint density at radius 3 is 2.60 bits per heavy atom. The second kappa shape index (κ2) is 5.91. The molecule has 20 heavy (non-hydrogen) atoms. The highest BCUT2D eigenvalue weighted by Crippen LogP contribution is 2.22. The van der Waals surface area contributed by atoms with Crippen molar-refractivity contribution in [1.29, 1.82) is 5.26 Å². The predicted octanol–water partition coefficient (Wildman–Crippen LogP) is 4.26. The summed E-state index contributed by atoms with van der Waals surface area (Å²) in [4.78, 5) is 12.0. The number of carbonyl (C=O) groups is 1. The van der Waals surface area contributed by atoms with E-state index in [4.69, 9.17) is 28.5 Å². The van der Waals surface area contributed by atoms with E-state index in [0.717, 1.165) is 6.07 Å². The molecule has 0 bridgehead atoms. The van der Waals surface area contributed by atoms with Crippen molar-refractivity contribution in [2.24, 2.45) is 0 Å². The molecule has 2 rings (SSSR count). The molecule has 0 unspecified atom stereocenters. The van der Waals surface area contributed by atoms with E-state index in [1.54, 1.807) is 6.07 Å². The Morgan fingerprint density at radius 2 is 1.95 bits per heavy atom. The minimum atomic E-state index is -0.608. The lowest BCUT2D eigenvalue weighted by molar-refractivity contribution is 0.102. The molecule has 0 saturated heterocycles. The number of amides is 1. The quantitative estimate of drug-likeness (QED) is 0.901. The summed E-state index contributed by atoms with van der Waals surface area (Å²) in [6.07, 6.45) is 0. The van der Waals surface area contributed by atoms with Gasteiger partial charge in [-0.05, 0) is 36.4 Å². The molecule has 0 aliphatic rings. The van der Waals surface area contributed by atoms with Gasteiger partial charge in [0.2, 0.25) is 0 Å². The van der Waals surface area contributed by atoms with Crippen molar-refractivity contribution in [3.8, 4) is 6.07 Å². The number of anilines is 1. The first-order valence-corrected chi connectivity index (χ1v) is 6.23. The van der Waals surface area contributed by atoms with Crippen LogP contribution in [0, 0.1) is 17.1 Å². The van der Waals surface area contributed by atoms with Gasteiger partial charge < -0.3 is 5.32 Å². The van der Waals surface area contributed by atoms with Crippen LogP contribution in [0.25, 0.3) is 0 Å². The molecule has 0 aliphatic heterocycles. The zero-order valence-electron chi connectivity index (χ0n) is 9.95. The maximum absolute atomic E-state index is 13.0. The highest BCUT2D eigenvalue weighted by Gasteiger charge is 2.11. The van der Waals surface area contributed by atoms with Crippen LogP contribution in [0.2, 0.25) is 10.0 Å². The highest BCUT2D eigenvalue weighted by molar-refractivity contribution is 6.31. The SMILES string of the molecule is N#Cc1ccc(Cl)cc1NC(=O)c1ccc(F)c(Cl)c1. The molecule has 2 aromatic rings. The number of rotatable bonds is 2. The van der Waals surface area contributed by atoms with Gasteiger partial charge in [-0.3, -0.25) is 4.79 Å². The van der Waals surface area contributed by atoms with Gasteiger partial charge in [0.1, 0.15) is 11.9 Å². The number of nitriles is 1. The third kappa shape index (κ3) is 3.08. The smallest absolute Gasteiger partial charge is 0.255 e. The van der Waals surface area contributed by atoms with Crippen molar-refractivity contribution < 1.29 is 9.18 Å². The van der Waals surface area contributed by atoms with Crippen molar-refractivity contribution in [1.82, 2.24) is 0 Å². The second-order valence-corrected chi connectivity index (χ2v) is 4.73. The number of benzene rings is 2. The zero-order chi connectivity index (χ0) is 14.7. The summed E-state index contributed by atoms with van der Waals surface area (Å²) >= 11 is 11.4. The van der Waals surface area contributed by atoms with E-state index >= 15 is 0 Å². The van der Waals surface area contributed by atoms with E-state index in [1.165, 1.54) is 24.3 Å². The van der Waals surface area contributed by atoms with Crippen LogP contribution in [0.3, 0.4) is 0 Å². The van der Waals surface area contributed by atoms with Gasteiger partial charge in [-0.2, -0.15) is 5.26 Å². The fourth-order valence-electron chi connectivity index (χ4n) is 1.55. The molecule has 0 radical (unpaired) electrons. The Morgan fingerprint density at radius 1 is 1.20 bits per heavy atom. The normalized spacial score (nSPS) is 9.90. The number of halogens is 3. The van der Waals surface area contributed by atoms with Gasteiger partial charge >= 0.3 is 0 Å². The molecule has 100 valence electrons. The molecule has 1 amide bonds. The largest absolute Gasteiger partial charge is 0.321 e. The number of nitrogens with zero attached hydrogens (tertiary/aromatic N) is 1. The summed E-state index contributed by atoms with van der Waals surface area (Å²) in [6.45, 7) is 0. The van der Waals surface area contributed by atoms with Crippen LogP contribution in [0.1, 0.15) is 15.9 Å². The van der Waals surface area contributed by atoms with Crippen LogP contribution in [-0.4, -0.2) is 5.91 Å². The average Bonchev–Trinajstić information content (AvgIpc) is 2.42. The third-order valence-corrected chi connectivity index (χ3v) is 3.06. The number of hydrogen-bond donors (Lipinski definition) is 1. The van der Waals surface area contributed by atoms with E-state index in [-0.39, 0.29) is 21.8 Å². The molecule has 3 nitrogen and oxygen atoms in total. The van der Waals surface area contributed by atoms with Gasteiger partial charge in [-0.1, -0.05) is 23.2 Å². The van der Waals surface area contributed by atoms with Crippen LogP contribution >= 0.6 is 23.2 Å². The monoisotopic (exact) mass is 308 g/mol. The molecule has 0 spiro atoms. The lowest BCUT2D eigenvalue weighted by Crippen LogP contribution is -2.13. The van der Waals surface area contributed by atoms with Crippen LogP contribution in [0.15, 0.2) is 36.4 Å². The van der Waals surface area contributed by atoms with E-state index in [9.17, 15) is 9.18 Å². The van der Waals surface area contributed by atoms with Gasteiger partial charge in [0, 0.05) is 10.6 Å². The Labute approximate surface area is 124 Å². The van der Waals surface area contributed by atoms with Gasteiger partial charge in [0.05, 0.1) is 16.3 Å². The van der Waals surface area contributed by atoms with E-state index < -0.39 is 11.7 Å². The van der Waals surface area contributed by atoms with Crippen molar-refractivity contribution in [2.75, 3.05) is 5.32 Å². The first kappa shape index (κ1) is 14.3. The lowest BCUT2D eigenvalue weighted by atomic mass is 10.1. The number of hydrogen-bond acceptors (Lipinski definition) is 2. The van der Waals surface area contributed by atoms with E-state index in [0.29, 0.717) is 5.02 Å². The summed E-state index contributed by atoms with van der Waals surface area (Å²) < 4.78 is 13.0. The Hall–Kier alpha value is -2.09. The summed E-state index contributed by atoms with van der Waals surface area (Å²) in [6, 6.07) is 10.1. The van der Waals surface area contributed by atoms with Crippen molar-refractivity contribution in [3.05, 3.63) is 63.4 Å². The van der Waals surface area contributed by atoms with Gasteiger partial charge in [-0.25, -0.2) is 4.39 Å². The van der Waals surface area contributed by atoms with Gasteiger partial charge in [0.25, 0.3) is 5.91 Å². The Bertz CT molecular complexity index is 726. The second-order valence-electron chi connectivity index (χ2n) is 3.88. The minimum Gasteiger partial charge on any atom is -0.321 e. The molecule has 1 N–H and O–H groups in total. The molecule has 6 heteroatoms. The molecule has 0 heterocycles. The number of nitrogens with one attached hydrogen (secondary N) is 1. The molecule has 2 aromatic carbocycles. The molecule has 0 atom stereocenters. The molecule has 0 fully saturated rings.